The van der Waals surface area contributed by atoms with Crippen LogP contribution in [0.15, 0.2) is 30.3 Å². The van der Waals surface area contributed by atoms with Crippen LogP contribution in [0.4, 0.5) is 10.5 Å². The summed E-state index contributed by atoms with van der Waals surface area (Å²) < 4.78 is 0. The molecule has 0 saturated carbocycles. The van der Waals surface area contributed by atoms with Crippen molar-refractivity contribution >= 4 is 11.7 Å². The molecule has 114 valence electrons. The van der Waals surface area contributed by atoms with Crippen LogP contribution in [0.5, 0.6) is 0 Å². The van der Waals surface area contributed by atoms with Crippen molar-refractivity contribution in [3.8, 4) is 0 Å². The van der Waals surface area contributed by atoms with Crippen molar-refractivity contribution in [3.05, 3.63) is 30.3 Å². The molecule has 1 aromatic carbocycles. The van der Waals surface area contributed by atoms with Gasteiger partial charge in [-0.1, -0.05) is 31.0 Å². The molecule has 0 unspecified atom stereocenters. The zero-order valence-corrected chi connectivity index (χ0v) is 12.7. The Morgan fingerprint density at radius 3 is 1.90 bits per heavy atom. The molecule has 2 fully saturated rings. The molecular weight excluding hydrogens is 262 g/mol. The van der Waals surface area contributed by atoms with E-state index in [1.54, 1.807) is 0 Å². The highest BCUT2D eigenvalue weighted by Crippen LogP contribution is 2.17. The molecule has 4 heteroatoms. The smallest absolute Gasteiger partial charge is 0.320 e. The summed E-state index contributed by atoms with van der Waals surface area (Å²) in [5, 5.41) is 0. The Balaban J connectivity index is 1.54. The maximum absolute atomic E-state index is 12.6. The van der Waals surface area contributed by atoms with Gasteiger partial charge in [0.1, 0.15) is 0 Å². The minimum Gasteiger partial charge on any atom is -0.368 e. The highest BCUT2D eigenvalue weighted by Gasteiger charge is 2.25. The second-order valence-corrected chi connectivity index (χ2v) is 5.99. The van der Waals surface area contributed by atoms with E-state index in [1.165, 1.54) is 18.5 Å². The lowest BCUT2D eigenvalue weighted by molar-refractivity contribution is 0.151. The van der Waals surface area contributed by atoms with Gasteiger partial charge < -0.3 is 14.7 Å². The highest BCUT2D eigenvalue weighted by atomic mass is 16.2. The van der Waals surface area contributed by atoms with Gasteiger partial charge in [0.15, 0.2) is 0 Å². The van der Waals surface area contributed by atoms with Crippen LogP contribution < -0.4 is 4.90 Å². The van der Waals surface area contributed by atoms with E-state index < -0.39 is 0 Å². The van der Waals surface area contributed by atoms with Gasteiger partial charge in [0.2, 0.25) is 0 Å². The molecular formula is C17H25N3O. The SMILES string of the molecule is O=C(N1CCCCCC1)N1CCN(c2ccccc2)CC1. The Hall–Kier alpha value is -1.71. The molecule has 0 bridgehead atoms. The normalized spacial score (nSPS) is 20.3. The number of nitrogens with zero attached hydrogens (tertiary/aromatic N) is 3. The van der Waals surface area contributed by atoms with Crippen molar-refractivity contribution in [2.75, 3.05) is 44.2 Å². The Morgan fingerprint density at radius 2 is 1.29 bits per heavy atom. The molecule has 2 aliphatic rings. The number of piperazine rings is 1. The van der Waals surface area contributed by atoms with Gasteiger partial charge in [0.05, 0.1) is 0 Å². The quantitative estimate of drug-likeness (QED) is 0.794. The second-order valence-electron chi connectivity index (χ2n) is 5.99. The van der Waals surface area contributed by atoms with E-state index in [4.69, 9.17) is 0 Å². The summed E-state index contributed by atoms with van der Waals surface area (Å²) in [7, 11) is 0. The predicted octanol–water partition coefficient (Wildman–Crippen LogP) is 2.80. The zero-order chi connectivity index (χ0) is 14.5. The van der Waals surface area contributed by atoms with Crippen LogP contribution >= 0.6 is 0 Å². The minimum atomic E-state index is 0.254. The number of para-hydroxylation sites is 1. The average molecular weight is 287 g/mol. The van der Waals surface area contributed by atoms with Crippen molar-refractivity contribution in [3.63, 3.8) is 0 Å². The van der Waals surface area contributed by atoms with Crippen molar-refractivity contribution in [1.29, 1.82) is 0 Å². The number of benzene rings is 1. The maximum Gasteiger partial charge on any atom is 0.320 e. The van der Waals surface area contributed by atoms with Gasteiger partial charge >= 0.3 is 6.03 Å². The van der Waals surface area contributed by atoms with Crippen molar-refractivity contribution in [2.24, 2.45) is 0 Å². The zero-order valence-electron chi connectivity index (χ0n) is 12.7. The molecule has 0 spiro atoms. The van der Waals surface area contributed by atoms with E-state index in [0.717, 1.165) is 52.1 Å². The number of anilines is 1. The second kappa shape index (κ2) is 6.83. The van der Waals surface area contributed by atoms with Gasteiger partial charge in [0, 0.05) is 45.0 Å². The van der Waals surface area contributed by atoms with Gasteiger partial charge in [-0.3, -0.25) is 0 Å². The van der Waals surface area contributed by atoms with E-state index in [-0.39, 0.29) is 6.03 Å². The van der Waals surface area contributed by atoms with Gasteiger partial charge in [-0.05, 0) is 25.0 Å². The predicted molar refractivity (Wildman–Crippen MR) is 85.7 cm³/mol. The van der Waals surface area contributed by atoms with E-state index in [2.05, 4.69) is 34.1 Å². The number of hydrogen-bond donors (Lipinski definition) is 0. The molecule has 0 aliphatic carbocycles. The number of likely N-dealkylation sites (tertiary alicyclic amines) is 1. The highest BCUT2D eigenvalue weighted by molar-refractivity contribution is 5.75. The van der Waals surface area contributed by atoms with Crippen molar-refractivity contribution < 1.29 is 4.79 Å². The number of rotatable bonds is 1. The van der Waals surface area contributed by atoms with E-state index in [9.17, 15) is 4.79 Å². The average Bonchev–Trinajstić information content (AvgIpc) is 2.84. The van der Waals surface area contributed by atoms with E-state index in [1.807, 2.05) is 11.0 Å². The number of urea groups is 1. The van der Waals surface area contributed by atoms with Gasteiger partial charge in [-0.25, -0.2) is 4.79 Å². The standard InChI is InChI=1S/C17H25N3O/c21-17(19-10-6-1-2-7-11-19)20-14-12-18(13-15-20)16-8-4-3-5-9-16/h3-5,8-9H,1-2,6-7,10-15H2. The fraction of sp³-hybridized carbons (Fsp3) is 0.588. The van der Waals surface area contributed by atoms with Crippen LogP contribution in [0, 0.1) is 0 Å². The Bertz CT molecular complexity index is 446. The first-order chi connectivity index (χ1) is 10.3. The molecule has 0 atom stereocenters. The van der Waals surface area contributed by atoms with Gasteiger partial charge in [0.25, 0.3) is 0 Å². The Labute approximate surface area is 127 Å². The summed E-state index contributed by atoms with van der Waals surface area (Å²) in [5.74, 6) is 0. The molecule has 2 amide bonds. The number of carbonyl (C=O) groups excluding carboxylic acids is 1. The van der Waals surface area contributed by atoms with Gasteiger partial charge in [-0.15, -0.1) is 0 Å². The largest absolute Gasteiger partial charge is 0.368 e. The van der Waals surface area contributed by atoms with Crippen molar-refractivity contribution in [1.82, 2.24) is 9.80 Å². The first kappa shape index (κ1) is 14.2. The molecule has 3 rings (SSSR count). The van der Waals surface area contributed by atoms with E-state index >= 15 is 0 Å². The summed E-state index contributed by atoms with van der Waals surface area (Å²) in [6.45, 7) is 5.43. The maximum atomic E-state index is 12.6. The topological polar surface area (TPSA) is 26.8 Å². The lowest BCUT2D eigenvalue weighted by Gasteiger charge is -2.38. The van der Waals surface area contributed by atoms with Gasteiger partial charge in [-0.2, -0.15) is 0 Å². The number of carbonyl (C=O) groups is 1. The van der Waals surface area contributed by atoms with Crippen LogP contribution in [0.25, 0.3) is 0 Å². The fourth-order valence-electron chi connectivity index (χ4n) is 3.26. The van der Waals surface area contributed by atoms with Crippen molar-refractivity contribution in [2.45, 2.75) is 25.7 Å². The lowest BCUT2D eigenvalue weighted by Crippen LogP contribution is -2.53. The molecule has 0 radical (unpaired) electrons. The minimum absolute atomic E-state index is 0.254. The van der Waals surface area contributed by atoms with Crippen LogP contribution in [0.2, 0.25) is 0 Å². The first-order valence-electron chi connectivity index (χ1n) is 8.18. The lowest BCUT2D eigenvalue weighted by atomic mass is 10.2. The van der Waals surface area contributed by atoms with Crippen LogP contribution in [0.1, 0.15) is 25.7 Å². The molecule has 21 heavy (non-hydrogen) atoms. The van der Waals surface area contributed by atoms with Crippen LogP contribution in [-0.2, 0) is 0 Å². The monoisotopic (exact) mass is 287 g/mol. The third-order valence-corrected chi connectivity index (χ3v) is 4.55. The molecule has 2 aliphatic heterocycles. The molecule has 1 aromatic rings. The van der Waals surface area contributed by atoms with Crippen LogP contribution in [-0.4, -0.2) is 55.1 Å². The summed E-state index contributed by atoms with van der Waals surface area (Å²) in [5.41, 5.74) is 1.26. The summed E-state index contributed by atoms with van der Waals surface area (Å²) >= 11 is 0. The Kier molecular flexibility index (Phi) is 4.63. The molecule has 0 N–H and O–H groups in total. The molecule has 2 heterocycles. The molecule has 0 aromatic heterocycles. The number of amides is 2. The summed E-state index contributed by atoms with van der Waals surface area (Å²) in [6, 6.07) is 10.7. The fourth-order valence-corrected chi connectivity index (χ4v) is 3.26. The molecule has 2 saturated heterocycles. The summed E-state index contributed by atoms with van der Waals surface area (Å²) in [6.07, 6.45) is 4.86. The van der Waals surface area contributed by atoms with E-state index in [0.29, 0.717) is 0 Å². The Morgan fingerprint density at radius 1 is 0.714 bits per heavy atom. The third kappa shape index (κ3) is 3.49. The summed E-state index contributed by atoms with van der Waals surface area (Å²) in [4.78, 5) is 19.0. The first-order valence-corrected chi connectivity index (χ1v) is 8.18. The molecule has 4 nitrogen and oxygen atoms in total. The number of hydrogen-bond acceptors (Lipinski definition) is 2. The third-order valence-electron chi connectivity index (χ3n) is 4.55. The van der Waals surface area contributed by atoms with Crippen LogP contribution in [0.3, 0.4) is 0 Å².